The quantitative estimate of drug-likeness (QED) is 0.639. The lowest BCUT2D eigenvalue weighted by Crippen LogP contribution is -2.29. The fourth-order valence-corrected chi connectivity index (χ4v) is 2.81. The van der Waals surface area contributed by atoms with E-state index >= 15 is 0 Å². The minimum absolute atomic E-state index is 0.0589. The van der Waals surface area contributed by atoms with Crippen LogP contribution in [0.3, 0.4) is 0 Å². The summed E-state index contributed by atoms with van der Waals surface area (Å²) >= 11 is 0. The van der Waals surface area contributed by atoms with Gasteiger partial charge in [0.25, 0.3) is 5.69 Å². The van der Waals surface area contributed by atoms with E-state index in [1.165, 1.54) is 38.6 Å². The van der Waals surface area contributed by atoms with E-state index in [1.807, 2.05) is 0 Å². The van der Waals surface area contributed by atoms with E-state index < -0.39 is 15.1 Å². The summed E-state index contributed by atoms with van der Waals surface area (Å²) in [5.41, 5.74) is -0.0407. The zero-order chi connectivity index (χ0) is 16.5. The van der Waals surface area contributed by atoms with Gasteiger partial charge in [0.2, 0.25) is 0 Å². The Hall–Kier alpha value is -2.46. The van der Waals surface area contributed by atoms with Crippen LogP contribution in [-0.2, 0) is 16.6 Å². The van der Waals surface area contributed by atoms with Crippen molar-refractivity contribution in [2.75, 3.05) is 14.1 Å². The highest BCUT2D eigenvalue weighted by Crippen LogP contribution is 2.26. The summed E-state index contributed by atoms with van der Waals surface area (Å²) in [6, 6.07) is 3.69. The highest BCUT2D eigenvalue weighted by atomic mass is 32.2. The molecule has 9 nitrogen and oxygen atoms in total. The number of rotatable bonds is 5. The number of benzene rings is 1. The van der Waals surface area contributed by atoms with Gasteiger partial charge in [-0.1, -0.05) is 0 Å². The zero-order valence-electron chi connectivity index (χ0n) is 11.9. The monoisotopic (exact) mass is 326 g/mol. The summed E-state index contributed by atoms with van der Waals surface area (Å²) in [6.07, 6.45) is 2.52. The predicted molar refractivity (Wildman–Crippen MR) is 77.8 cm³/mol. The first-order valence-corrected chi connectivity index (χ1v) is 7.54. The van der Waals surface area contributed by atoms with Gasteiger partial charge in [-0.05, 0) is 12.1 Å². The molecule has 1 aromatic heterocycles. The third-order valence-corrected chi connectivity index (χ3v) is 4.76. The van der Waals surface area contributed by atoms with E-state index in [2.05, 4.69) is 4.98 Å². The first-order valence-electron chi connectivity index (χ1n) is 6.15. The number of hydrogen-bond acceptors (Lipinski definition) is 6. The summed E-state index contributed by atoms with van der Waals surface area (Å²) in [4.78, 5) is 14.4. The van der Waals surface area contributed by atoms with E-state index in [9.17, 15) is 23.6 Å². The molecule has 0 saturated carbocycles. The Balaban J connectivity index is 2.47. The number of nitro benzene ring substituents is 1. The SMILES string of the molecule is CN(C)S(=O)(=O)n1ccnc1Cc1ccc(O)cc1[N+](=O)[O-]. The molecule has 2 aromatic rings. The molecule has 0 bridgehead atoms. The van der Waals surface area contributed by atoms with Gasteiger partial charge in [0.1, 0.15) is 11.6 Å². The van der Waals surface area contributed by atoms with E-state index in [4.69, 9.17) is 0 Å². The molecule has 0 spiro atoms. The van der Waals surface area contributed by atoms with Crippen LogP contribution < -0.4 is 0 Å². The molecule has 0 saturated heterocycles. The molecule has 0 aliphatic carbocycles. The Bertz CT molecular complexity index is 813. The summed E-state index contributed by atoms with van der Waals surface area (Å²) in [5.74, 6) is -0.0952. The third kappa shape index (κ3) is 2.92. The molecule has 1 aromatic carbocycles. The number of phenolic OH excluding ortho intramolecular Hbond substituents is 1. The summed E-state index contributed by atoms with van der Waals surface area (Å²) in [7, 11) is -1.00. The first-order chi connectivity index (χ1) is 10.2. The standard InChI is InChI=1S/C12H14N4O5S/c1-14(2)22(20,21)15-6-5-13-12(15)7-9-3-4-10(17)8-11(9)16(18)19/h3-6,8,17H,7H2,1-2H3. The van der Waals surface area contributed by atoms with Gasteiger partial charge >= 0.3 is 10.2 Å². The molecule has 22 heavy (non-hydrogen) atoms. The number of imidazole rings is 1. The second kappa shape index (κ2) is 5.73. The van der Waals surface area contributed by atoms with Gasteiger partial charge in [0.05, 0.1) is 11.0 Å². The maximum atomic E-state index is 12.2. The topological polar surface area (TPSA) is 119 Å². The Labute approximate surface area is 126 Å². The van der Waals surface area contributed by atoms with E-state index in [1.54, 1.807) is 0 Å². The van der Waals surface area contributed by atoms with Gasteiger partial charge < -0.3 is 5.11 Å². The molecule has 0 atom stereocenters. The van der Waals surface area contributed by atoms with Crippen molar-refractivity contribution in [2.45, 2.75) is 6.42 Å². The van der Waals surface area contributed by atoms with Gasteiger partial charge in [0.15, 0.2) is 0 Å². The molecule has 1 N–H and O–H groups in total. The number of aromatic nitrogens is 2. The van der Waals surface area contributed by atoms with Crippen LogP contribution in [0.15, 0.2) is 30.6 Å². The smallest absolute Gasteiger partial charge is 0.308 e. The molecule has 0 fully saturated rings. The molecule has 0 amide bonds. The lowest BCUT2D eigenvalue weighted by atomic mass is 10.1. The van der Waals surface area contributed by atoms with Crippen LogP contribution >= 0.6 is 0 Å². The van der Waals surface area contributed by atoms with Gasteiger partial charge in [0, 0.05) is 38.5 Å². The second-order valence-corrected chi connectivity index (χ2v) is 6.70. The molecule has 1 heterocycles. The largest absolute Gasteiger partial charge is 0.508 e. The fraction of sp³-hybridized carbons (Fsp3) is 0.250. The molecule has 2 rings (SSSR count). The number of aromatic hydroxyl groups is 1. The van der Waals surface area contributed by atoms with Gasteiger partial charge in [-0.25, -0.2) is 8.96 Å². The van der Waals surface area contributed by atoms with Gasteiger partial charge in [-0.3, -0.25) is 10.1 Å². The zero-order valence-corrected chi connectivity index (χ0v) is 12.7. The average molecular weight is 326 g/mol. The Morgan fingerprint density at radius 3 is 2.68 bits per heavy atom. The van der Waals surface area contributed by atoms with Crippen molar-refractivity contribution in [1.82, 2.24) is 13.3 Å². The minimum atomic E-state index is -3.76. The number of nitro groups is 1. The van der Waals surface area contributed by atoms with Crippen LogP contribution in [0.5, 0.6) is 5.75 Å². The van der Waals surface area contributed by atoms with Gasteiger partial charge in [-0.2, -0.15) is 12.7 Å². The van der Waals surface area contributed by atoms with Crippen molar-refractivity contribution < 1.29 is 18.4 Å². The Morgan fingerprint density at radius 1 is 1.41 bits per heavy atom. The lowest BCUT2D eigenvalue weighted by molar-refractivity contribution is -0.385. The van der Waals surface area contributed by atoms with Crippen LogP contribution in [0.1, 0.15) is 11.4 Å². The molecule has 0 aliphatic rings. The number of phenols is 1. The Morgan fingerprint density at radius 2 is 2.09 bits per heavy atom. The van der Waals surface area contributed by atoms with E-state index in [0.717, 1.165) is 14.3 Å². The fourth-order valence-electron chi connectivity index (χ4n) is 1.87. The minimum Gasteiger partial charge on any atom is -0.508 e. The van der Waals surface area contributed by atoms with Crippen molar-refractivity contribution in [3.8, 4) is 5.75 Å². The number of hydrogen-bond donors (Lipinski definition) is 1. The van der Waals surface area contributed by atoms with Crippen LogP contribution in [0.4, 0.5) is 5.69 Å². The lowest BCUT2D eigenvalue weighted by Gasteiger charge is -2.14. The molecule has 0 unspecified atom stereocenters. The molecule has 118 valence electrons. The molecule has 0 radical (unpaired) electrons. The maximum Gasteiger partial charge on any atom is 0.308 e. The van der Waals surface area contributed by atoms with E-state index in [0.29, 0.717) is 0 Å². The van der Waals surface area contributed by atoms with Crippen molar-refractivity contribution in [3.05, 3.63) is 52.1 Å². The van der Waals surface area contributed by atoms with Crippen molar-refractivity contribution in [2.24, 2.45) is 0 Å². The Kier molecular flexibility index (Phi) is 4.15. The van der Waals surface area contributed by atoms with Gasteiger partial charge in [-0.15, -0.1) is 0 Å². The van der Waals surface area contributed by atoms with E-state index in [-0.39, 0.29) is 29.2 Å². The highest BCUT2D eigenvalue weighted by Gasteiger charge is 2.22. The summed E-state index contributed by atoms with van der Waals surface area (Å²) < 4.78 is 26.3. The molecule has 0 aliphatic heterocycles. The van der Waals surface area contributed by atoms with Crippen molar-refractivity contribution >= 4 is 15.9 Å². The molecular formula is C12H14N4O5S. The normalized spacial score (nSPS) is 11.8. The highest BCUT2D eigenvalue weighted by molar-refractivity contribution is 7.87. The second-order valence-electron chi connectivity index (χ2n) is 4.68. The summed E-state index contributed by atoms with van der Waals surface area (Å²) in [5, 5.41) is 20.4. The van der Waals surface area contributed by atoms with Crippen molar-refractivity contribution in [3.63, 3.8) is 0 Å². The van der Waals surface area contributed by atoms with Crippen LogP contribution in [0, 0.1) is 10.1 Å². The predicted octanol–water partition coefficient (Wildman–Crippen LogP) is 0.742. The number of nitrogens with zero attached hydrogens (tertiary/aromatic N) is 4. The maximum absolute atomic E-state index is 12.2. The van der Waals surface area contributed by atoms with Crippen LogP contribution in [0.25, 0.3) is 0 Å². The van der Waals surface area contributed by atoms with Crippen molar-refractivity contribution in [1.29, 1.82) is 0 Å². The van der Waals surface area contributed by atoms with Crippen LogP contribution in [0.2, 0.25) is 0 Å². The average Bonchev–Trinajstić information content (AvgIpc) is 2.89. The van der Waals surface area contributed by atoms with Crippen LogP contribution in [-0.4, -0.2) is 45.8 Å². The summed E-state index contributed by atoms with van der Waals surface area (Å²) in [6.45, 7) is 0. The third-order valence-electron chi connectivity index (χ3n) is 3.00. The molecule has 10 heteroatoms. The molecular weight excluding hydrogens is 312 g/mol. The first kappa shape index (κ1) is 15.9.